The van der Waals surface area contributed by atoms with Crippen LogP contribution in [-0.2, 0) is 21.8 Å². The van der Waals surface area contributed by atoms with Gasteiger partial charge in [-0.25, -0.2) is 13.4 Å². The van der Waals surface area contributed by atoms with Crippen LogP contribution in [-0.4, -0.2) is 52.2 Å². The Morgan fingerprint density at radius 2 is 2.18 bits per heavy atom. The summed E-state index contributed by atoms with van der Waals surface area (Å²) in [5.41, 5.74) is 1.42. The smallest absolute Gasteiger partial charge is 0.246 e. The number of sulfonamides is 1. The minimum Gasteiger partial charge on any atom is -0.368 e. The molecule has 120 valence electrons. The fourth-order valence-corrected chi connectivity index (χ4v) is 4.20. The molecule has 0 bridgehead atoms. The van der Waals surface area contributed by atoms with E-state index in [9.17, 15) is 8.42 Å². The third kappa shape index (κ3) is 2.67. The molecule has 0 amide bonds. The minimum absolute atomic E-state index is 0.240. The van der Waals surface area contributed by atoms with Crippen LogP contribution in [0.15, 0.2) is 17.3 Å². The van der Waals surface area contributed by atoms with E-state index in [1.807, 2.05) is 6.92 Å². The Kier molecular flexibility index (Phi) is 3.79. The van der Waals surface area contributed by atoms with Gasteiger partial charge in [0.2, 0.25) is 10.0 Å². The number of hydrogen-bond donors (Lipinski definition) is 1. The van der Waals surface area contributed by atoms with E-state index >= 15 is 0 Å². The number of aryl methyl sites for hydroxylation is 3. The summed E-state index contributed by atoms with van der Waals surface area (Å²) in [6.45, 7) is 4.49. The Morgan fingerprint density at radius 1 is 1.41 bits per heavy atom. The quantitative estimate of drug-likeness (QED) is 0.888. The van der Waals surface area contributed by atoms with E-state index in [2.05, 4.69) is 15.1 Å². The third-order valence-corrected chi connectivity index (χ3v) is 5.61. The van der Waals surface area contributed by atoms with Crippen LogP contribution in [0.1, 0.15) is 23.3 Å². The fourth-order valence-electron chi connectivity index (χ4n) is 2.58. The first-order chi connectivity index (χ1) is 10.4. The Bertz CT molecular complexity index is 779. The van der Waals surface area contributed by atoms with Gasteiger partial charge in [0.05, 0.1) is 12.3 Å². The van der Waals surface area contributed by atoms with Gasteiger partial charge in [0.25, 0.3) is 0 Å². The highest BCUT2D eigenvalue weighted by atomic mass is 32.2. The van der Waals surface area contributed by atoms with E-state index in [4.69, 9.17) is 4.74 Å². The van der Waals surface area contributed by atoms with E-state index in [0.717, 1.165) is 5.69 Å². The highest BCUT2D eigenvalue weighted by molar-refractivity contribution is 7.89. The van der Waals surface area contributed by atoms with E-state index in [1.165, 1.54) is 15.2 Å². The first-order valence-electron chi connectivity index (χ1n) is 7.01. The molecule has 0 aromatic carbocycles. The number of rotatable bonds is 3. The molecule has 1 unspecified atom stereocenters. The van der Waals surface area contributed by atoms with Gasteiger partial charge in [0.15, 0.2) is 0 Å². The summed E-state index contributed by atoms with van der Waals surface area (Å²) in [4.78, 5) is 7.57. The van der Waals surface area contributed by atoms with Gasteiger partial charge >= 0.3 is 0 Å². The molecule has 0 spiro atoms. The number of nitrogens with one attached hydrogen (secondary N) is 1. The molecule has 22 heavy (non-hydrogen) atoms. The highest BCUT2D eigenvalue weighted by Gasteiger charge is 2.34. The highest BCUT2D eigenvalue weighted by Crippen LogP contribution is 2.26. The molecular weight excluding hydrogens is 306 g/mol. The van der Waals surface area contributed by atoms with Crippen molar-refractivity contribution < 1.29 is 13.2 Å². The topological polar surface area (TPSA) is 93.1 Å². The molecule has 1 aliphatic heterocycles. The molecule has 1 atom stereocenters. The van der Waals surface area contributed by atoms with Crippen molar-refractivity contribution in [3.8, 4) is 0 Å². The summed E-state index contributed by atoms with van der Waals surface area (Å²) in [5.74, 6) is 0.653. The summed E-state index contributed by atoms with van der Waals surface area (Å²) in [7, 11) is -1.87. The second-order valence-electron chi connectivity index (χ2n) is 5.43. The van der Waals surface area contributed by atoms with Crippen molar-refractivity contribution in [2.45, 2.75) is 24.8 Å². The van der Waals surface area contributed by atoms with Crippen LogP contribution < -0.4 is 0 Å². The van der Waals surface area contributed by atoms with Crippen molar-refractivity contribution in [1.82, 2.24) is 24.1 Å². The van der Waals surface area contributed by atoms with Crippen molar-refractivity contribution in [3.63, 3.8) is 0 Å². The molecule has 3 rings (SSSR count). The number of nitrogens with zero attached hydrogens (tertiary/aromatic N) is 4. The second-order valence-corrected chi connectivity index (χ2v) is 7.33. The summed E-state index contributed by atoms with van der Waals surface area (Å²) < 4.78 is 34.2. The maximum Gasteiger partial charge on any atom is 0.246 e. The van der Waals surface area contributed by atoms with Crippen LogP contribution in [0.5, 0.6) is 0 Å². The van der Waals surface area contributed by atoms with Gasteiger partial charge in [0.1, 0.15) is 16.8 Å². The molecule has 0 radical (unpaired) electrons. The van der Waals surface area contributed by atoms with Crippen LogP contribution in [0.25, 0.3) is 0 Å². The van der Waals surface area contributed by atoms with Crippen LogP contribution in [0, 0.1) is 13.8 Å². The monoisotopic (exact) mass is 325 g/mol. The number of morpholine rings is 1. The van der Waals surface area contributed by atoms with Crippen LogP contribution in [0.2, 0.25) is 0 Å². The number of aromatic amines is 1. The normalized spacial score (nSPS) is 20.4. The largest absolute Gasteiger partial charge is 0.368 e. The van der Waals surface area contributed by atoms with Crippen molar-refractivity contribution in [2.75, 3.05) is 19.7 Å². The van der Waals surface area contributed by atoms with E-state index in [0.29, 0.717) is 24.7 Å². The van der Waals surface area contributed by atoms with E-state index in [-0.39, 0.29) is 17.5 Å². The van der Waals surface area contributed by atoms with Crippen molar-refractivity contribution >= 4 is 10.0 Å². The Morgan fingerprint density at radius 3 is 2.77 bits per heavy atom. The lowest BCUT2D eigenvalue weighted by atomic mass is 10.3. The molecule has 2 aromatic rings. The van der Waals surface area contributed by atoms with Gasteiger partial charge in [-0.1, -0.05) is 0 Å². The summed E-state index contributed by atoms with van der Waals surface area (Å²) in [5, 5.41) is 4.11. The molecule has 0 aliphatic carbocycles. The molecule has 1 N–H and O–H groups in total. The van der Waals surface area contributed by atoms with Gasteiger partial charge in [-0.05, 0) is 13.8 Å². The number of aromatic nitrogens is 4. The lowest BCUT2D eigenvalue weighted by molar-refractivity contribution is -0.00712. The summed E-state index contributed by atoms with van der Waals surface area (Å²) >= 11 is 0. The maximum atomic E-state index is 12.8. The van der Waals surface area contributed by atoms with Gasteiger partial charge < -0.3 is 9.72 Å². The zero-order valence-corrected chi connectivity index (χ0v) is 13.6. The predicted molar refractivity (Wildman–Crippen MR) is 78.7 cm³/mol. The first kappa shape index (κ1) is 15.2. The Balaban J connectivity index is 1.86. The number of H-pyrrole nitrogens is 1. The molecule has 0 saturated carbocycles. The summed E-state index contributed by atoms with van der Waals surface area (Å²) in [6.07, 6.45) is 2.86. The number of hydrogen-bond acceptors (Lipinski definition) is 5. The van der Waals surface area contributed by atoms with Gasteiger partial charge in [0, 0.05) is 38.2 Å². The molecule has 3 heterocycles. The lowest BCUT2D eigenvalue weighted by Crippen LogP contribution is -2.42. The Labute approximate surface area is 129 Å². The minimum atomic E-state index is -3.58. The molecule has 1 saturated heterocycles. The molecule has 1 aliphatic rings. The van der Waals surface area contributed by atoms with Crippen LogP contribution in [0.4, 0.5) is 0 Å². The zero-order chi connectivity index (χ0) is 15.9. The fraction of sp³-hybridized carbons (Fsp3) is 0.538. The molecule has 2 aromatic heterocycles. The SMILES string of the molecule is Cc1cnc(C2CN(S(=O)(=O)c3cn(C)nc3C)CCO2)[nH]1. The van der Waals surface area contributed by atoms with Crippen molar-refractivity contribution in [1.29, 1.82) is 0 Å². The van der Waals surface area contributed by atoms with Gasteiger partial charge in [-0.15, -0.1) is 0 Å². The van der Waals surface area contributed by atoms with E-state index in [1.54, 1.807) is 20.2 Å². The predicted octanol–water partition coefficient (Wildman–Crippen LogP) is 0.522. The standard InChI is InChI=1S/C13H19N5O3S/c1-9-6-14-13(15-9)11-7-18(4-5-21-11)22(19,20)12-8-17(3)16-10(12)2/h6,8,11H,4-5,7H2,1-3H3,(H,14,15). The third-order valence-electron chi connectivity index (χ3n) is 3.64. The molecule has 8 nitrogen and oxygen atoms in total. The summed E-state index contributed by atoms with van der Waals surface area (Å²) in [6, 6.07) is 0. The van der Waals surface area contributed by atoms with Gasteiger partial charge in [-0.2, -0.15) is 9.40 Å². The average Bonchev–Trinajstić information content (AvgIpc) is 3.05. The van der Waals surface area contributed by atoms with Gasteiger partial charge in [-0.3, -0.25) is 4.68 Å². The average molecular weight is 325 g/mol. The van der Waals surface area contributed by atoms with Crippen molar-refractivity contribution in [3.05, 3.63) is 29.6 Å². The van der Waals surface area contributed by atoms with E-state index < -0.39 is 10.0 Å². The Hall–Kier alpha value is -1.71. The van der Waals surface area contributed by atoms with Crippen LogP contribution in [0.3, 0.4) is 0 Å². The second kappa shape index (κ2) is 5.49. The zero-order valence-electron chi connectivity index (χ0n) is 12.8. The number of ether oxygens (including phenoxy) is 1. The number of imidazole rings is 1. The lowest BCUT2D eigenvalue weighted by Gasteiger charge is -2.31. The molecule has 9 heteroatoms. The van der Waals surface area contributed by atoms with Crippen molar-refractivity contribution in [2.24, 2.45) is 7.05 Å². The first-order valence-corrected chi connectivity index (χ1v) is 8.45. The molecule has 1 fully saturated rings. The maximum absolute atomic E-state index is 12.8. The molecular formula is C13H19N5O3S. The van der Waals surface area contributed by atoms with Crippen LogP contribution >= 0.6 is 0 Å².